The standard InChI is InChI=1S/C49H29NS/c1-6-19-41-33(14-1)34-15-2-7-20-42(34)49(41)43-21-8-3-16-35(43)36-25-24-31(29-44(36)49)30-12-11-13-32(28-30)50-45-22-9-4-17-37(45)39-26-27-40-38-18-5-10-23-46(38)51-48(40)47(39)50/h1-29H. The lowest BCUT2D eigenvalue weighted by atomic mass is 9.70. The molecule has 0 saturated heterocycles. The molecular formula is C49H29NS. The summed E-state index contributed by atoms with van der Waals surface area (Å²) in [6.07, 6.45) is 0. The van der Waals surface area contributed by atoms with Crippen molar-refractivity contribution in [1.29, 1.82) is 0 Å². The molecule has 236 valence electrons. The lowest BCUT2D eigenvalue weighted by molar-refractivity contribution is 0.794. The molecule has 0 atom stereocenters. The van der Waals surface area contributed by atoms with Crippen LogP contribution in [0.2, 0.25) is 0 Å². The van der Waals surface area contributed by atoms with E-state index < -0.39 is 0 Å². The molecule has 0 unspecified atom stereocenters. The van der Waals surface area contributed by atoms with E-state index in [4.69, 9.17) is 0 Å². The number of fused-ring (bicyclic) bond motifs is 17. The van der Waals surface area contributed by atoms with Gasteiger partial charge in [0.2, 0.25) is 0 Å². The van der Waals surface area contributed by atoms with Crippen molar-refractivity contribution in [2.45, 2.75) is 5.41 Å². The highest BCUT2D eigenvalue weighted by Gasteiger charge is 2.51. The number of hydrogen-bond acceptors (Lipinski definition) is 1. The Hall–Kier alpha value is -6.22. The number of rotatable bonds is 2. The minimum atomic E-state index is -0.355. The molecule has 0 bridgehead atoms. The summed E-state index contributed by atoms with van der Waals surface area (Å²) in [5, 5.41) is 5.23. The van der Waals surface area contributed by atoms with Gasteiger partial charge in [-0.3, -0.25) is 0 Å². The molecule has 2 aliphatic carbocycles. The average molecular weight is 664 g/mol. The fraction of sp³-hybridized carbons (Fsp3) is 0.0204. The van der Waals surface area contributed by atoms with Crippen molar-refractivity contribution in [3.05, 3.63) is 198 Å². The van der Waals surface area contributed by atoms with Gasteiger partial charge in [-0.25, -0.2) is 0 Å². The summed E-state index contributed by atoms with van der Waals surface area (Å²) in [4.78, 5) is 0. The summed E-state index contributed by atoms with van der Waals surface area (Å²) in [6, 6.07) is 65.8. The molecule has 2 aromatic heterocycles. The van der Waals surface area contributed by atoms with Gasteiger partial charge in [-0.05, 0) is 86.0 Å². The second-order valence-corrected chi connectivity index (χ2v) is 15.0. The fourth-order valence-corrected chi connectivity index (χ4v) is 10.8. The second-order valence-electron chi connectivity index (χ2n) is 14.0. The van der Waals surface area contributed by atoms with E-state index in [0.717, 1.165) is 0 Å². The molecule has 1 spiro atoms. The van der Waals surface area contributed by atoms with Crippen molar-refractivity contribution >= 4 is 53.3 Å². The fourth-order valence-electron chi connectivity index (χ4n) is 9.60. The van der Waals surface area contributed by atoms with Crippen molar-refractivity contribution in [1.82, 2.24) is 4.57 Å². The summed E-state index contributed by atoms with van der Waals surface area (Å²) < 4.78 is 5.17. The first kappa shape index (κ1) is 27.6. The van der Waals surface area contributed by atoms with Gasteiger partial charge in [0, 0.05) is 31.9 Å². The number of para-hydroxylation sites is 1. The topological polar surface area (TPSA) is 4.93 Å². The van der Waals surface area contributed by atoms with Gasteiger partial charge in [-0.15, -0.1) is 11.3 Å². The second kappa shape index (κ2) is 9.94. The molecule has 0 radical (unpaired) electrons. The molecule has 0 saturated carbocycles. The third kappa shape index (κ3) is 3.45. The molecule has 0 fully saturated rings. The van der Waals surface area contributed by atoms with E-state index in [1.165, 1.54) is 103 Å². The van der Waals surface area contributed by atoms with Crippen molar-refractivity contribution in [2.24, 2.45) is 0 Å². The normalized spacial score (nSPS) is 13.6. The van der Waals surface area contributed by atoms with E-state index >= 15 is 0 Å². The van der Waals surface area contributed by atoms with Crippen LogP contribution >= 0.6 is 11.3 Å². The number of aromatic nitrogens is 1. The van der Waals surface area contributed by atoms with Gasteiger partial charge in [0.25, 0.3) is 0 Å². The van der Waals surface area contributed by atoms with Gasteiger partial charge in [0.05, 0.1) is 21.1 Å². The number of thiophene rings is 1. The first-order valence-electron chi connectivity index (χ1n) is 17.7. The van der Waals surface area contributed by atoms with Crippen LogP contribution in [0, 0.1) is 0 Å². The summed E-state index contributed by atoms with van der Waals surface area (Å²) in [6.45, 7) is 0. The third-order valence-corrected chi connectivity index (χ3v) is 12.8. The van der Waals surface area contributed by atoms with Gasteiger partial charge < -0.3 is 4.57 Å². The van der Waals surface area contributed by atoms with Crippen LogP contribution in [0.4, 0.5) is 0 Å². The molecular weight excluding hydrogens is 635 g/mol. The first-order chi connectivity index (χ1) is 25.3. The van der Waals surface area contributed by atoms with Gasteiger partial charge in [-0.1, -0.05) is 146 Å². The van der Waals surface area contributed by atoms with Gasteiger partial charge in [0.1, 0.15) is 0 Å². The molecule has 2 heteroatoms. The quantitative estimate of drug-likeness (QED) is 0.173. The highest BCUT2D eigenvalue weighted by molar-refractivity contribution is 7.26. The Morgan fingerprint density at radius 1 is 0.392 bits per heavy atom. The van der Waals surface area contributed by atoms with Crippen LogP contribution in [0.15, 0.2) is 176 Å². The van der Waals surface area contributed by atoms with Crippen LogP contribution in [0.25, 0.3) is 81.0 Å². The number of hydrogen-bond donors (Lipinski definition) is 0. The Balaban J connectivity index is 1.11. The maximum atomic E-state index is 2.50. The van der Waals surface area contributed by atoms with Crippen molar-refractivity contribution in [3.63, 3.8) is 0 Å². The van der Waals surface area contributed by atoms with E-state index in [0.29, 0.717) is 0 Å². The first-order valence-corrected chi connectivity index (χ1v) is 18.5. The highest BCUT2D eigenvalue weighted by Crippen LogP contribution is 2.63. The van der Waals surface area contributed by atoms with Gasteiger partial charge in [-0.2, -0.15) is 0 Å². The Bertz CT molecular complexity index is 3040. The molecule has 2 heterocycles. The zero-order chi connectivity index (χ0) is 33.3. The van der Waals surface area contributed by atoms with Gasteiger partial charge >= 0.3 is 0 Å². The third-order valence-electron chi connectivity index (χ3n) is 11.6. The van der Waals surface area contributed by atoms with Crippen LogP contribution in [-0.4, -0.2) is 4.57 Å². The monoisotopic (exact) mass is 663 g/mol. The smallest absolute Gasteiger partial charge is 0.0725 e. The maximum absolute atomic E-state index is 2.50. The SMILES string of the molecule is c1cc(-c2ccc3c(c2)C2(c4ccccc4-c4ccccc42)c2ccccc2-3)cc(-n2c3ccccc3c3ccc4c5ccccc5sc4c32)c1. The van der Waals surface area contributed by atoms with Crippen LogP contribution in [-0.2, 0) is 5.41 Å². The predicted octanol–water partition coefficient (Wildman–Crippen LogP) is 13.2. The number of benzene rings is 8. The molecule has 10 aromatic rings. The molecule has 12 rings (SSSR count). The molecule has 8 aromatic carbocycles. The van der Waals surface area contributed by atoms with Crippen LogP contribution < -0.4 is 0 Å². The Morgan fingerprint density at radius 3 is 1.73 bits per heavy atom. The van der Waals surface area contributed by atoms with E-state index in [2.05, 4.69) is 180 Å². The van der Waals surface area contributed by atoms with E-state index in [1.54, 1.807) is 0 Å². The summed E-state index contributed by atoms with van der Waals surface area (Å²) in [5.41, 5.74) is 16.6. The average Bonchev–Trinajstić information content (AvgIpc) is 3.91. The lowest BCUT2D eigenvalue weighted by Gasteiger charge is -2.30. The van der Waals surface area contributed by atoms with Crippen molar-refractivity contribution in [2.75, 3.05) is 0 Å². The predicted molar refractivity (Wildman–Crippen MR) is 215 cm³/mol. The summed E-state index contributed by atoms with van der Waals surface area (Å²) in [7, 11) is 0. The summed E-state index contributed by atoms with van der Waals surface area (Å²) >= 11 is 1.90. The van der Waals surface area contributed by atoms with Crippen LogP contribution in [0.3, 0.4) is 0 Å². The molecule has 51 heavy (non-hydrogen) atoms. The zero-order valence-electron chi connectivity index (χ0n) is 27.6. The molecule has 0 N–H and O–H groups in total. The van der Waals surface area contributed by atoms with Crippen molar-refractivity contribution < 1.29 is 0 Å². The highest BCUT2D eigenvalue weighted by atomic mass is 32.1. The van der Waals surface area contributed by atoms with Crippen LogP contribution in [0.1, 0.15) is 22.3 Å². The summed E-state index contributed by atoms with van der Waals surface area (Å²) in [5.74, 6) is 0. The molecule has 1 nitrogen and oxygen atoms in total. The van der Waals surface area contributed by atoms with Crippen molar-refractivity contribution in [3.8, 4) is 39.1 Å². The largest absolute Gasteiger partial charge is 0.308 e. The Kier molecular flexibility index (Phi) is 5.38. The number of nitrogens with zero attached hydrogens (tertiary/aromatic N) is 1. The molecule has 2 aliphatic rings. The van der Waals surface area contributed by atoms with E-state index in [9.17, 15) is 0 Å². The van der Waals surface area contributed by atoms with Crippen LogP contribution in [0.5, 0.6) is 0 Å². The minimum Gasteiger partial charge on any atom is -0.308 e. The van der Waals surface area contributed by atoms with E-state index in [-0.39, 0.29) is 5.41 Å². The Labute approximate surface area is 299 Å². The minimum absolute atomic E-state index is 0.355. The van der Waals surface area contributed by atoms with Gasteiger partial charge in [0.15, 0.2) is 0 Å². The van der Waals surface area contributed by atoms with E-state index in [1.807, 2.05) is 11.3 Å². The maximum Gasteiger partial charge on any atom is 0.0725 e. The molecule has 0 aliphatic heterocycles. The zero-order valence-corrected chi connectivity index (χ0v) is 28.4. The Morgan fingerprint density at radius 2 is 0.980 bits per heavy atom. The molecule has 0 amide bonds. The lowest BCUT2D eigenvalue weighted by Crippen LogP contribution is -2.25.